The Labute approximate surface area is 183 Å². The van der Waals surface area contributed by atoms with E-state index in [1.54, 1.807) is 22.8 Å². The molecule has 4 rings (SSSR count). The first-order valence-corrected chi connectivity index (χ1v) is 11.0. The van der Waals surface area contributed by atoms with Crippen molar-refractivity contribution in [3.63, 3.8) is 0 Å². The predicted octanol–water partition coefficient (Wildman–Crippen LogP) is 3.06. The highest BCUT2D eigenvalue weighted by Gasteiger charge is 2.26. The van der Waals surface area contributed by atoms with Crippen LogP contribution in [-0.4, -0.2) is 72.1 Å². The van der Waals surface area contributed by atoms with Crippen LogP contribution in [0.2, 0.25) is 5.02 Å². The second-order valence-corrected chi connectivity index (χ2v) is 8.54. The fourth-order valence-corrected chi connectivity index (χ4v) is 4.74. The van der Waals surface area contributed by atoms with Crippen molar-refractivity contribution >= 4 is 44.2 Å². The molecule has 1 aliphatic rings. The van der Waals surface area contributed by atoms with Crippen LogP contribution in [0.4, 0.5) is 5.13 Å². The van der Waals surface area contributed by atoms with Gasteiger partial charge in [0.15, 0.2) is 5.13 Å². The molecule has 0 unspecified atom stereocenters. The monoisotopic (exact) mass is 449 g/mol. The number of ether oxygens (including phenoxy) is 2. The molecule has 0 saturated carbocycles. The predicted molar refractivity (Wildman–Crippen MR) is 118 cm³/mol. The lowest BCUT2D eigenvalue weighted by atomic mass is 10.2. The molecular formula is C20H24ClN5O3S. The van der Waals surface area contributed by atoms with Gasteiger partial charge >= 0.3 is 0 Å². The first kappa shape index (κ1) is 21.0. The number of anilines is 1. The molecule has 160 valence electrons. The molecule has 8 nitrogen and oxygen atoms in total. The maximum Gasteiger partial charge on any atom is 0.267 e. The van der Waals surface area contributed by atoms with Gasteiger partial charge in [0.05, 0.1) is 30.5 Å². The average Bonchev–Trinajstić information content (AvgIpc) is 3.34. The van der Waals surface area contributed by atoms with Crippen LogP contribution >= 0.6 is 22.9 Å². The molecule has 3 heterocycles. The molecule has 1 aliphatic heterocycles. The fraction of sp³-hybridized carbons (Fsp3) is 0.450. The molecule has 1 aromatic carbocycles. The van der Waals surface area contributed by atoms with E-state index in [0.717, 1.165) is 49.5 Å². The third kappa shape index (κ3) is 4.59. The Kier molecular flexibility index (Phi) is 6.52. The lowest BCUT2D eigenvalue weighted by Crippen LogP contribution is -2.39. The SMILES string of the molecule is COc1nn(C)cc1C(=O)N(CCCN1CCOCC1)c1nc2ccc(Cl)cc2s1. The van der Waals surface area contributed by atoms with Gasteiger partial charge in [0.2, 0.25) is 5.88 Å². The van der Waals surface area contributed by atoms with Crippen molar-refractivity contribution in [2.24, 2.45) is 7.05 Å². The van der Waals surface area contributed by atoms with Crippen LogP contribution in [0.1, 0.15) is 16.8 Å². The fourth-order valence-electron chi connectivity index (χ4n) is 3.47. The molecule has 0 N–H and O–H groups in total. The van der Waals surface area contributed by atoms with Gasteiger partial charge in [-0.1, -0.05) is 22.9 Å². The van der Waals surface area contributed by atoms with Crippen LogP contribution in [-0.2, 0) is 11.8 Å². The van der Waals surface area contributed by atoms with Gasteiger partial charge in [-0.15, -0.1) is 5.10 Å². The van der Waals surface area contributed by atoms with Crippen molar-refractivity contribution in [3.8, 4) is 5.88 Å². The molecule has 0 radical (unpaired) electrons. The number of thiazole rings is 1. The number of fused-ring (bicyclic) bond motifs is 1. The van der Waals surface area contributed by atoms with Crippen molar-refractivity contribution < 1.29 is 14.3 Å². The molecule has 1 amide bonds. The second-order valence-electron chi connectivity index (χ2n) is 7.10. The molecule has 0 spiro atoms. The Balaban J connectivity index is 1.60. The molecular weight excluding hydrogens is 426 g/mol. The molecule has 30 heavy (non-hydrogen) atoms. The van der Waals surface area contributed by atoms with Crippen LogP contribution in [0.3, 0.4) is 0 Å². The van der Waals surface area contributed by atoms with Gasteiger partial charge in [0, 0.05) is 44.4 Å². The smallest absolute Gasteiger partial charge is 0.267 e. The number of aromatic nitrogens is 3. The third-order valence-corrected chi connectivity index (χ3v) is 6.27. The topological polar surface area (TPSA) is 72.7 Å². The minimum atomic E-state index is -0.174. The van der Waals surface area contributed by atoms with Gasteiger partial charge in [-0.2, -0.15) is 0 Å². The summed E-state index contributed by atoms with van der Waals surface area (Å²) in [5, 5.41) is 5.52. The van der Waals surface area contributed by atoms with Gasteiger partial charge < -0.3 is 9.47 Å². The van der Waals surface area contributed by atoms with E-state index < -0.39 is 0 Å². The molecule has 0 bridgehead atoms. The highest BCUT2D eigenvalue weighted by atomic mass is 35.5. The number of morpholine rings is 1. The van der Waals surface area contributed by atoms with Gasteiger partial charge in [-0.3, -0.25) is 19.3 Å². The number of hydrogen-bond acceptors (Lipinski definition) is 7. The molecule has 1 fully saturated rings. The summed E-state index contributed by atoms with van der Waals surface area (Å²) < 4.78 is 13.3. The van der Waals surface area contributed by atoms with Gasteiger partial charge in [0.25, 0.3) is 5.91 Å². The van der Waals surface area contributed by atoms with Crippen LogP contribution in [0.5, 0.6) is 5.88 Å². The van der Waals surface area contributed by atoms with Gasteiger partial charge in [0.1, 0.15) is 5.56 Å². The summed E-state index contributed by atoms with van der Waals surface area (Å²) in [7, 11) is 3.28. The minimum absolute atomic E-state index is 0.174. The lowest BCUT2D eigenvalue weighted by Gasteiger charge is -2.27. The van der Waals surface area contributed by atoms with E-state index in [9.17, 15) is 4.79 Å². The number of aryl methyl sites for hydroxylation is 1. The zero-order valence-corrected chi connectivity index (χ0v) is 18.6. The Morgan fingerprint density at radius 3 is 2.93 bits per heavy atom. The van der Waals surface area contributed by atoms with E-state index in [0.29, 0.717) is 28.1 Å². The quantitative estimate of drug-likeness (QED) is 0.552. The van der Waals surface area contributed by atoms with E-state index >= 15 is 0 Å². The number of methoxy groups -OCH3 is 1. The molecule has 3 aromatic rings. The summed E-state index contributed by atoms with van der Waals surface area (Å²) >= 11 is 7.59. The Bertz CT molecular complexity index is 1030. The van der Waals surface area contributed by atoms with Crippen molar-refractivity contribution in [1.82, 2.24) is 19.7 Å². The molecule has 1 saturated heterocycles. The summed E-state index contributed by atoms with van der Waals surface area (Å²) in [5.41, 5.74) is 1.24. The van der Waals surface area contributed by atoms with Crippen molar-refractivity contribution in [3.05, 3.63) is 35.0 Å². The zero-order valence-electron chi connectivity index (χ0n) is 17.0. The number of benzene rings is 1. The molecule has 10 heteroatoms. The summed E-state index contributed by atoms with van der Waals surface area (Å²) in [4.78, 5) is 22.2. The normalized spacial score (nSPS) is 14.9. The standard InChI is InChI=1S/C20H24ClN5O3S/c1-24-13-15(18(23-24)28-2)19(27)26(7-3-6-25-8-10-29-11-9-25)20-22-16-5-4-14(21)12-17(16)30-20/h4-5,12-13H,3,6-11H2,1-2H3. The minimum Gasteiger partial charge on any atom is -0.479 e. The summed E-state index contributed by atoms with van der Waals surface area (Å²) in [6.45, 7) is 4.80. The lowest BCUT2D eigenvalue weighted by molar-refractivity contribution is 0.0376. The number of rotatable bonds is 7. The van der Waals surface area contributed by atoms with Crippen molar-refractivity contribution in [1.29, 1.82) is 0 Å². The van der Waals surface area contributed by atoms with Gasteiger partial charge in [-0.05, 0) is 24.6 Å². The van der Waals surface area contributed by atoms with Crippen LogP contribution in [0.25, 0.3) is 10.2 Å². The Morgan fingerprint density at radius 2 is 2.17 bits per heavy atom. The van der Waals surface area contributed by atoms with Gasteiger partial charge in [-0.25, -0.2) is 4.98 Å². The summed E-state index contributed by atoms with van der Waals surface area (Å²) in [6.07, 6.45) is 2.51. The molecule has 2 aromatic heterocycles. The zero-order chi connectivity index (χ0) is 21.1. The Morgan fingerprint density at radius 1 is 1.37 bits per heavy atom. The number of amides is 1. The maximum atomic E-state index is 13.5. The van der Waals surface area contributed by atoms with E-state index in [1.165, 1.54) is 18.4 Å². The van der Waals surface area contributed by atoms with E-state index in [4.69, 9.17) is 26.1 Å². The number of nitrogens with zero attached hydrogens (tertiary/aromatic N) is 5. The highest BCUT2D eigenvalue weighted by Crippen LogP contribution is 2.32. The first-order chi connectivity index (χ1) is 14.5. The highest BCUT2D eigenvalue weighted by molar-refractivity contribution is 7.22. The first-order valence-electron chi connectivity index (χ1n) is 9.81. The average molecular weight is 450 g/mol. The number of carbonyl (C=O) groups is 1. The third-order valence-electron chi connectivity index (χ3n) is 4.99. The van der Waals surface area contributed by atoms with Crippen molar-refractivity contribution in [2.45, 2.75) is 6.42 Å². The largest absolute Gasteiger partial charge is 0.479 e. The second kappa shape index (κ2) is 9.30. The maximum absolute atomic E-state index is 13.5. The van der Waals surface area contributed by atoms with Crippen LogP contribution in [0, 0.1) is 0 Å². The summed E-state index contributed by atoms with van der Waals surface area (Å²) in [5.74, 6) is 0.136. The van der Waals surface area contributed by atoms with Crippen LogP contribution < -0.4 is 9.64 Å². The number of hydrogen-bond donors (Lipinski definition) is 0. The Hall–Kier alpha value is -2.20. The number of halogens is 1. The van der Waals surface area contributed by atoms with Crippen LogP contribution in [0.15, 0.2) is 24.4 Å². The summed E-state index contributed by atoms with van der Waals surface area (Å²) in [6, 6.07) is 5.56. The molecule has 0 atom stereocenters. The molecule has 0 aliphatic carbocycles. The van der Waals surface area contributed by atoms with E-state index in [2.05, 4.69) is 10.00 Å². The van der Waals surface area contributed by atoms with Crippen molar-refractivity contribution in [2.75, 3.05) is 51.4 Å². The van der Waals surface area contributed by atoms with E-state index in [-0.39, 0.29) is 5.91 Å². The number of carbonyl (C=O) groups excluding carboxylic acids is 1. The van der Waals surface area contributed by atoms with E-state index in [1.807, 2.05) is 18.2 Å².